The molecule has 1 aromatic carbocycles. The van der Waals surface area contributed by atoms with Crippen LogP contribution < -0.4 is 20.9 Å². The van der Waals surface area contributed by atoms with Crippen LogP contribution in [0, 0.1) is 0 Å². The maximum Gasteiger partial charge on any atom is 0.323 e. The molecule has 4 heterocycles. The summed E-state index contributed by atoms with van der Waals surface area (Å²) in [5.41, 5.74) is 1.81. The molecular weight excluding hydrogens is 504 g/mol. The summed E-state index contributed by atoms with van der Waals surface area (Å²) < 4.78 is 6.31. The van der Waals surface area contributed by atoms with E-state index in [1.165, 1.54) is 29.9 Å². The second-order valence-corrected chi connectivity index (χ2v) is 10.9. The average molecular weight is 527 g/mol. The van der Waals surface area contributed by atoms with Gasteiger partial charge in [-0.25, -0.2) is 4.79 Å². The number of thioether (sulfide) groups is 1. The van der Waals surface area contributed by atoms with Crippen LogP contribution in [0.25, 0.3) is 21.3 Å². The van der Waals surface area contributed by atoms with Crippen LogP contribution in [0.5, 0.6) is 5.75 Å². The molecular formula is C25H23ClN4O3S2. The lowest BCUT2D eigenvalue weighted by atomic mass is 10.1. The zero-order valence-electron chi connectivity index (χ0n) is 18.7. The Morgan fingerprint density at radius 1 is 1.23 bits per heavy atom. The molecule has 0 saturated carbocycles. The van der Waals surface area contributed by atoms with Crippen LogP contribution in [0.1, 0.15) is 19.3 Å². The molecule has 3 N–H and O–H groups in total. The third kappa shape index (κ3) is 5.47. The summed E-state index contributed by atoms with van der Waals surface area (Å²) in [5.74, 6) is 1.69. The van der Waals surface area contributed by atoms with Crippen molar-refractivity contribution >= 4 is 63.0 Å². The number of H-pyrrole nitrogens is 1. The fourth-order valence-corrected chi connectivity index (χ4v) is 6.30. The summed E-state index contributed by atoms with van der Waals surface area (Å²) in [7, 11) is 0. The number of aromatic amines is 1. The molecule has 1 aliphatic rings. The predicted molar refractivity (Wildman–Crippen MR) is 145 cm³/mol. The van der Waals surface area contributed by atoms with Crippen LogP contribution in [0.15, 0.2) is 59.0 Å². The second-order valence-electron chi connectivity index (χ2n) is 8.10. The number of fused-ring (bicyclic) bond motifs is 1. The monoisotopic (exact) mass is 526 g/mol. The van der Waals surface area contributed by atoms with E-state index in [4.69, 9.17) is 16.3 Å². The number of nitrogens with one attached hydrogen (secondary N) is 3. The molecule has 0 radical (unpaired) electrons. The quantitative estimate of drug-likeness (QED) is 0.252. The number of pyridine rings is 2. The van der Waals surface area contributed by atoms with Crippen molar-refractivity contribution in [3.05, 3.63) is 69.5 Å². The highest BCUT2D eigenvalue weighted by atomic mass is 35.5. The van der Waals surface area contributed by atoms with E-state index in [1.807, 2.05) is 29.3 Å². The number of anilines is 2. The number of carbonyl (C=O) groups is 1. The molecule has 3 aromatic heterocycles. The minimum absolute atomic E-state index is 0.239. The smallest absolute Gasteiger partial charge is 0.323 e. The van der Waals surface area contributed by atoms with Crippen molar-refractivity contribution < 1.29 is 9.53 Å². The Labute approximate surface area is 215 Å². The number of benzene rings is 1. The Hall–Kier alpha value is -3.01. The minimum atomic E-state index is -0.443. The Morgan fingerprint density at radius 3 is 2.83 bits per heavy atom. The van der Waals surface area contributed by atoms with Gasteiger partial charge in [-0.15, -0.1) is 11.3 Å². The molecule has 7 nitrogen and oxygen atoms in total. The van der Waals surface area contributed by atoms with E-state index in [2.05, 4.69) is 20.6 Å². The zero-order valence-corrected chi connectivity index (χ0v) is 21.1. The molecule has 1 saturated heterocycles. The summed E-state index contributed by atoms with van der Waals surface area (Å²) in [5, 5.41) is 9.03. The number of halogens is 1. The van der Waals surface area contributed by atoms with E-state index in [0.717, 1.165) is 11.3 Å². The van der Waals surface area contributed by atoms with Crippen molar-refractivity contribution in [2.45, 2.75) is 24.5 Å². The molecule has 1 aliphatic heterocycles. The maximum absolute atomic E-state index is 13.1. The molecule has 1 atom stereocenters. The number of carbonyl (C=O) groups excluding carboxylic acids is 1. The van der Waals surface area contributed by atoms with Crippen molar-refractivity contribution in [1.82, 2.24) is 9.97 Å². The highest BCUT2D eigenvalue weighted by Crippen LogP contribution is 2.39. The van der Waals surface area contributed by atoms with Crippen LogP contribution in [0.2, 0.25) is 5.02 Å². The normalized spacial score (nSPS) is 15.3. The molecule has 4 aromatic rings. The highest BCUT2D eigenvalue weighted by Gasteiger charge is 2.21. The third-order valence-electron chi connectivity index (χ3n) is 5.72. The van der Waals surface area contributed by atoms with Gasteiger partial charge in [0.25, 0.3) is 5.56 Å². The molecule has 1 fully saturated rings. The van der Waals surface area contributed by atoms with Gasteiger partial charge >= 0.3 is 6.03 Å². The van der Waals surface area contributed by atoms with Gasteiger partial charge in [-0.05, 0) is 60.7 Å². The fourth-order valence-electron chi connectivity index (χ4n) is 4.06. The fraction of sp³-hybridized carbons (Fsp3) is 0.240. The number of urea groups is 1. The number of ether oxygens (including phenoxy) is 1. The molecule has 1 unspecified atom stereocenters. The second kappa shape index (κ2) is 10.7. The van der Waals surface area contributed by atoms with Crippen LogP contribution in [0.4, 0.5) is 16.2 Å². The number of aromatic nitrogens is 2. The number of amides is 2. The molecule has 2 amide bonds. The van der Waals surface area contributed by atoms with E-state index < -0.39 is 6.03 Å². The lowest BCUT2D eigenvalue weighted by molar-refractivity contribution is 0.262. The van der Waals surface area contributed by atoms with Gasteiger partial charge in [0.05, 0.1) is 28.4 Å². The Balaban J connectivity index is 1.50. The topological polar surface area (TPSA) is 96.1 Å². The largest absolute Gasteiger partial charge is 0.492 e. The summed E-state index contributed by atoms with van der Waals surface area (Å²) >= 11 is 9.92. The van der Waals surface area contributed by atoms with Crippen molar-refractivity contribution in [3.63, 3.8) is 0 Å². The van der Waals surface area contributed by atoms with Crippen LogP contribution in [-0.4, -0.2) is 33.6 Å². The molecule has 0 bridgehead atoms. The SMILES string of the molecule is O=C(Nc1ccncc1)Nc1cc2c(OCCC3CCCS3)c(-c3cccs3)c(=O)[nH]c2cc1Cl. The molecule has 0 aliphatic carbocycles. The summed E-state index contributed by atoms with van der Waals surface area (Å²) in [4.78, 5) is 33.4. The van der Waals surface area contributed by atoms with Gasteiger partial charge in [-0.2, -0.15) is 11.8 Å². The Kier molecular flexibility index (Phi) is 7.26. The number of nitrogens with zero attached hydrogens (tertiary/aromatic N) is 1. The van der Waals surface area contributed by atoms with Crippen molar-refractivity contribution in [2.24, 2.45) is 0 Å². The highest BCUT2D eigenvalue weighted by molar-refractivity contribution is 8.00. The van der Waals surface area contributed by atoms with Gasteiger partial charge in [-0.1, -0.05) is 17.7 Å². The predicted octanol–water partition coefficient (Wildman–Crippen LogP) is 6.61. The number of hydrogen-bond donors (Lipinski definition) is 3. The summed E-state index contributed by atoms with van der Waals surface area (Å²) in [6.07, 6.45) is 6.52. The molecule has 10 heteroatoms. The Morgan fingerprint density at radius 2 is 2.09 bits per heavy atom. The first kappa shape index (κ1) is 23.7. The van der Waals surface area contributed by atoms with Crippen molar-refractivity contribution in [2.75, 3.05) is 23.0 Å². The number of hydrogen-bond acceptors (Lipinski definition) is 6. The number of thiophene rings is 1. The van der Waals surface area contributed by atoms with E-state index >= 15 is 0 Å². The lowest BCUT2D eigenvalue weighted by Gasteiger charge is -2.16. The molecule has 5 rings (SSSR count). The first-order valence-corrected chi connectivity index (χ1v) is 13.5. The van der Waals surface area contributed by atoms with Crippen molar-refractivity contribution in [1.29, 1.82) is 0 Å². The third-order valence-corrected chi connectivity index (χ3v) is 8.39. The van der Waals surface area contributed by atoms with Gasteiger partial charge in [0, 0.05) is 33.6 Å². The van der Waals surface area contributed by atoms with E-state index in [9.17, 15) is 9.59 Å². The van der Waals surface area contributed by atoms with E-state index in [1.54, 1.807) is 36.7 Å². The molecule has 0 spiro atoms. The molecule has 180 valence electrons. The first-order valence-electron chi connectivity index (χ1n) is 11.2. The lowest BCUT2D eigenvalue weighted by Crippen LogP contribution is -2.20. The number of rotatable bonds is 7. The standard InChI is InChI=1S/C25H23ClN4O3S2/c26-18-14-19-17(13-20(18)30-25(32)28-15-5-8-27-9-6-15)23(33-10-7-16-3-1-11-34-16)22(24(31)29-19)21-4-2-12-35-21/h2,4-6,8-9,12-14,16H,1,3,7,10-11H2,(H,29,31)(H2,27,28,30,32). The van der Waals surface area contributed by atoms with Crippen LogP contribution in [0.3, 0.4) is 0 Å². The maximum atomic E-state index is 13.1. The van der Waals surface area contributed by atoms with E-state index in [-0.39, 0.29) is 5.56 Å². The van der Waals surface area contributed by atoms with Gasteiger partial charge < -0.3 is 20.4 Å². The van der Waals surface area contributed by atoms with Crippen LogP contribution in [-0.2, 0) is 0 Å². The summed E-state index contributed by atoms with van der Waals surface area (Å²) in [6, 6.07) is 10.1. The van der Waals surface area contributed by atoms with Gasteiger partial charge in [0.15, 0.2) is 0 Å². The van der Waals surface area contributed by atoms with Crippen LogP contribution >= 0.6 is 34.7 Å². The van der Waals surface area contributed by atoms with E-state index in [0.29, 0.717) is 50.5 Å². The Bertz CT molecular complexity index is 1390. The van der Waals surface area contributed by atoms with Crippen molar-refractivity contribution in [3.8, 4) is 16.2 Å². The summed E-state index contributed by atoms with van der Waals surface area (Å²) in [6.45, 7) is 0.502. The first-order chi connectivity index (χ1) is 17.1. The van der Waals surface area contributed by atoms with Gasteiger partial charge in [-0.3, -0.25) is 9.78 Å². The average Bonchev–Trinajstić information content (AvgIpc) is 3.55. The molecule has 35 heavy (non-hydrogen) atoms. The van der Waals surface area contributed by atoms with Gasteiger partial charge in [0.2, 0.25) is 0 Å². The van der Waals surface area contributed by atoms with Gasteiger partial charge in [0.1, 0.15) is 5.75 Å². The minimum Gasteiger partial charge on any atom is -0.492 e. The zero-order chi connectivity index (χ0) is 24.2.